The number of aromatic nitrogens is 1. The van der Waals surface area contributed by atoms with E-state index in [1.165, 1.54) is 4.88 Å². The van der Waals surface area contributed by atoms with E-state index in [4.69, 9.17) is 0 Å². The van der Waals surface area contributed by atoms with Crippen molar-refractivity contribution in [2.45, 2.75) is 54.1 Å². The maximum Gasteiger partial charge on any atom is 0.185 e. The molecule has 1 rings (SSSR count). The molecule has 1 aromatic heterocycles. The summed E-state index contributed by atoms with van der Waals surface area (Å²) in [4.78, 5) is 8.32. The van der Waals surface area contributed by atoms with Gasteiger partial charge in [0.05, 0.1) is 0 Å². The molecular formula is C15H29N3S. The highest BCUT2D eigenvalue weighted by Crippen LogP contribution is 2.25. The maximum atomic E-state index is 4.59. The maximum absolute atomic E-state index is 4.59. The summed E-state index contributed by atoms with van der Waals surface area (Å²) in [7, 11) is 0. The first-order valence-corrected chi connectivity index (χ1v) is 8.13. The van der Waals surface area contributed by atoms with Gasteiger partial charge in [0.1, 0.15) is 0 Å². The van der Waals surface area contributed by atoms with Crippen molar-refractivity contribution in [3.63, 3.8) is 0 Å². The zero-order chi connectivity index (χ0) is 14.4. The second kappa shape index (κ2) is 7.85. The van der Waals surface area contributed by atoms with Crippen LogP contribution >= 0.6 is 11.3 Å². The number of hydrogen-bond acceptors (Lipinski definition) is 4. The molecule has 0 atom stereocenters. The monoisotopic (exact) mass is 283 g/mol. The lowest BCUT2D eigenvalue weighted by Gasteiger charge is -2.27. The van der Waals surface area contributed by atoms with Crippen LogP contribution in [0, 0.1) is 11.8 Å². The number of nitrogens with zero attached hydrogens (tertiary/aromatic N) is 2. The average molecular weight is 283 g/mol. The summed E-state index contributed by atoms with van der Waals surface area (Å²) in [6.45, 7) is 16.5. The Hall–Kier alpha value is -0.610. The molecule has 0 saturated carbocycles. The standard InChI is InChI=1S/C15H29N3S/c1-11(2)7-16-8-14-9-17-15(19-14)18(13(5)6)10-12(3)4/h9,11-13,16H,7-8,10H2,1-6H3. The molecule has 0 radical (unpaired) electrons. The summed E-state index contributed by atoms with van der Waals surface area (Å²) in [6, 6.07) is 0.505. The summed E-state index contributed by atoms with van der Waals surface area (Å²) in [5.74, 6) is 1.36. The summed E-state index contributed by atoms with van der Waals surface area (Å²) < 4.78 is 0. The smallest absolute Gasteiger partial charge is 0.185 e. The lowest BCUT2D eigenvalue weighted by Crippen LogP contribution is -2.33. The molecule has 1 aromatic rings. The molecular weight excluding hydrogens is 254 g/mol. The van der Waals surface area contributed by atoms with Gasteiger partial charge in [-0.25, -0.2) is 4.98 Å². The highest BCUT2D eigenvalue weighted by atomic mass is 32.1. The Labute approximate surface area is 122 Å². The minimum Gasteiger partial charge on any atom is -0.345 e. The Morgan fingerprint density at radius 2 is 1.84 bits per heavy atom. The normalized spacial score (nSPS) is 11.8. The first kappa shape index (κ1) is 16.4. The van der Waals surface area contributed by atoms with Crippen molar-refractivity contribution in [2.24, 2.45) is 11.8 Å². The van der Waals surface area contributed by atoms with Crippen LogP contribution in [0.1, 0.15) is 46.4 Å². The summed E-state index contributed by atoms with van der Waals surface area (Å²) in [5, 5.41) is 4.63. The van der Waals surface area contributed by atoms with Crippen LogP contribution in [0.3, 0.4) is 0 Å². The number of nitrogens with one attached hydrogen (secondary N) is 1. The lowest BCUT2D eigenvalue weighted by molar-refractivity contribution is 0.554. The van der Waals surface area contributed by atoms with Gasteiger partial charge >= 0.3 is 0 Å². The van der Waals surface area contributed by atoms with E-state index in [0.29, 0.717) is 17.9 Å². The molecule has 4 heteroatoms. The second-order valence-electron chi connectivity index (χ2n) is 6.27. The van der Waals surface area contributed by atoms with E-state index in [2.05, 4.69) is 56.7 Å². The molecule has 0 amide bonds. The van der Waals surface area contributed by atoms with Crippen LogP contribution in [0.5, 0.6) is 0 Å². The van der Waals surface area contributed by atoms with Crippen LogP contribution in [0.4, 0.5) is 5.13 Å². The Balaban J connectivity index is 2.60. The second-order valence-corrected chi connectivity index (χ2v) is 7.37. The Bertz CT molecular complexity index is 358. The van der Waals surface area contributed by atoms with Gasteiger partial charge in [-0.3, -0.25) is 0 Å². The van der Waals surface area contributed by atoms with Gasteiger partial charge in [-0.1, -0.05) is 27.7 Å². The van der Waals surface area contributed by atoms with E-state index < -0.39 is 0 Å². The fourth-order valence-corrected chi connectivity index (χ4v) is 2.92. The molecule has 0 unspecified atom stereocenters. The fraction of sp³-hybridized carbons (Fsp3) is 0.800. The summed E-state index contributed by atoms with van der Waals surface area (Å²) in [6.07, 6.45) is 2.02. The Morgan fingerprint density at radius 1 is 1.16 bits per heavy atom. The van der Waals surface area contributed by atoms with E-state index >= 15 is 0 Å². The molecule has 19 heavy (non-hydrogen) atoms. The molecule has 0 spiro atoms. The number of rotatable bonds is 8. The molecule has 0 aliphatic heterocycles. The van der Waals surface area contributed by atoms with Gasteiger partial charge < -0.3 is 10.2 Å². The van der Waals surface area contributed by atoms with Gasteiger partial charge in [-0.05, 0) is 32.2 Å². The third-order valence-electron chi connectivity index (χ3n) is 2.82. The van der Waals surface area contributed by atoms with Gasteiger partial charge in [0.15, 0.2) is 5.13 Å². The predicted molar refractivity (Wildman–Crippen MR) is 86.0 cm³/mol. The summed E-state index contributed by atoms with van der Waals surface area (Å²) >= 11 is 1.82. The Kier molecular flexibility index (Phi) is 6.80. The van der Waals surface area contributed by atoms with Crippen LogP contribution in [-0.2, 0) is 6.54 Å². The van der Waals surface area contributed by atoms with E-state index in [1.54, 1.807) is 0 Å². The van der Waals surface area contributed by atoms with Gasteiger partial charge in [-0.15, -0.1) is 11.3 Å². The first-order valence-electron chi connectivity index (χ1n) is 7.32. The van der Waals surface area contributed by atoms with Gasteiger partial charge in [0.2, 0.25) is 0 Å². The molecule has 110 valence electrons. The molecule has 0 aromatic carbocycles. The highest BCUT2D eigenvalue weighted by Gasteiger charge is 2.15. The third kappa shape index (κ3) is 5.91. The fourth-order valence-electron chi connectivity index (χ4n) is 1.90. The molecule has 1 N–H and O–H groups in total. The highest BCUT2D eigenvalue weighted by molar-refractivity contribution is 7.15. The van der Waals surface area contributed by atoms with Crippen molar-refractivity contribution in [3.05, 3.63) is 11.1 Å². The van der Waals surface area contributed by atoms with Crippen molar-refractivity contribution < 1.29 is 0 Å². The van der Waals surface area contributed by atoms with E-state index in [9.17, 15) is 0 Å². The van der Waals surface area contributed by atoms with Gasteiger partial charge in [0.25, 0.3) is 0 Å². The lowest BCUT2D eigenvalue weighted by atomic mass is 10.2. The van der Waals surface area contributed by atoms with Gasteiger partial charge in [-0.2, -0.15) is 0 Å². The molecule has 3 nitrogen and oxygen atoms in total. The molecule has 1 heterocycles. The SMILES string of the molecule is CC(C)CNCc1cnc(N(CC(C)C)C(C)C)s1. The number of hydrogen-bond donors (Lipinski definition) is 1. The number of anilines is 1. The predicted octanol–water partition coefficient (Wildman–Crippen LogP) is 3.76. The van der Waals surface area contributed by atoms with Gasteiger partial charge in [0, 0.05) is 30.2 Å². The minimum atomic E-state index is 0.505. The third-order valence-corrected chi connectivity index (χ3v) is 3.86. The first-order chi connectivity index (χ1) is 8.90. The minimum absolute atomic E-state index is 0.505. The number of thiazole rings is 1. The van der Waals surface area contributed by atoms with Crippen LogP contribution in [-0.4, -0.2) is 24.1 Å². The quantitative estimate of drug-likeness (QED) is 0.787. The topological polar surface area (TPSA) is 28.2 Å². The van der Waals surface area contributed by atoms with Crippen LogP contribution in [0.25, 0.3) is 0 Å². The van der Waals surface area contributed by atoms with Crippen molar-refractivity contribution in [1.29, 1.82) is 0 Å². The van der Waals surface area contributed by atoms with Crippen molar-refractivity contribution in [2.75, 3.05) is 18.0 Å². The van der Waals surface area contributed by atoms with Crippen LogP contribution in [0.2, 0.25) is 0 Å². The molecule has 0 fully saturated rings. The van der Waals surface area contributed by atoms with Crippen LogP contribution < -0.4 is 10.2 Å². The molecule has 0 saturated heterocycles. The van der Waals surface area contributed by atoms with Crippen molar-refractivity contribution in [3.8, 4) is 0 Å². The average Bonchev–Trinajstić information content (AvgIpc) is 2.73. The van der Waals surface area contributed by atoms with E-state index in [0.717, 1.165) is 24.8 Å². The summed E-state index contributed by atoms with van der Waals surface area (Å²) in [5.41, 5.74) is 0. The Morgan fingerprint density at radius 3 is 2.37 bits per heavy atom. The molecule has 0 aliphatic carbocycles. The zero-order valence-electron chi connectivity index (χ0n) is 13.2. The van der Waals surface area contributed by atoms with Crippen molar-refractivity contribution >= 4 is 16.5 Å². The van der Waals surface area contributed by atoms with Crippen LogP contribution in [0.15, 0.2) is 6.20 Å². The van der Waals surface area contributed by atoms with Crippen molar-refractivity contribution in [1.82, 2.24) is 10.3 Å². The van der Waals surface area contributed by atoms with E-state index in [-0.39, 0.29) is 0 Å². The largest absolute Gasteiger partial charge is 0.345 e. The van der Waals surface area contributed by atoms with E-state index in [1.807, 2.05) is 17.5 Å². The zero-order valence-corrected chi connectivity index (χ0v) is 14.0. The molecule has 0 aliphatic rings. The molecule has 0 bridgehead atoms.